The summed E-state index contributed by atoms with van der Waals surface area (Å²) in [6.07, 6.45) is 0. The smallest absolute Gasteiger partial charge is 0.0473 e. The molecule has 0 spiro atoms. The molecule has 1 aliphatic carbocycles. The van der Waals surface area contributed by atoms with Gasteiger partial charge in [-0.2, -0.15) is 0 Å². The third-order valence-electron chi connectivity index (χ3n) is 12.8. The molecule has 1 aliphatic heterocycles. The van der Waals surface area contributed by atoms with E-state index >= 15 is 0 Å². The van der Waals surface area contributed by atoms with Crippen molar-refractivity contribution in [2.45, 2.75) is 29.1 Å². The molecule has 60 heavy (non-hydrogen) atoms. The van der Waals surface area contributed by atoms with Crippen LogP contribution in [0.1, 0.15) is 25.0 Å². The predicted octanol–water partition coefficient (Wildman–Crippen LogP) is 16.5. The second-order valence-corrected chi connectivity index (χ2v) is 17.6. The predicted molar refractivity (Wildman–Crippen MR) is 255 cm³/mol. The van der Waals surface area contributed by atoms with Crippen LogP contribution in [0.25, 0.3) is 54.6 Å². The highest BCUT2D eigenvalue weighted by Gasteiger charge is 2.36. The average molecular weight is 785 g/mol. The minimum absolute atomic E-state index is 0.0879. The number of nitrogens with zero attached hydrogens (tertiary/aromatic N) is 2. The normalized spacial score (nSPS) is 13.2. The Labute approximate surface area is 355 Å². The molecule has 10 aromatic carbocycles. The van der Waals surface area contributed by atoms with Gasteiger partial charge in [-0.15, -0.1) is 0 Å². The van der Waals surface area contributed by atoms with Crippen molar-refractivity contribution in [1.29, 1.82) is 0 Å². The number of rotatable bonds is 6. The summed E-state index contributed by atoms with van der Waals surface area (Å²) < 4.78 is 0. The van der Waals surface area contributed by atoms with Crippen molar-refractivity contribution in [3.05, 3.63) is 217 Å². The summed E-state index contributed by atoms with van der Waals surface area (Å²) in [5.41, 5.74) is 14.8. The van der Waals surface area contributed by atoms with Crippen LogP contribution in [0.2, 0.25) is 0 Å². The summed E-state index contributed by atoms with van der Waals surface area (Å²) in [4.78, 5) is 7.36. The maximum atomic E-state index is 2.42. The van der Waals surface area contributed by atoms with Crippen LogP contribution >= 0.6 is 11.8 Å². The van der Waals surface area contributed by atoms with Crippen molar-refractivity contribution in [3.63, 3.8) is 0 Å². The third-order valence-corrected chi connectivity index (χ3v) is 13.9. The zero-order valence-electron chi connectivity index (χ0n) is 33.4. The first-order chi connectivity index (χ1) is 29.5. The van der Waals surface area contributed by atoms with Crippen molar-refractivity contribution in [2.75, 3.05) is 9.80 Å². The monoisotopic (exact) mass is 784 g/mol. The molecule has 0 aromatic heterocycles. The van der Waals surface area contributed by atoms with E-state index in [0.717, 1.165) is 34.1 Å². The fraction of sp³-hybridized carbons (Fsp3) is 0.0526. The second-order valence-electron chi connectivity index (χ2n) is 16.6. The Morgan fingerprint density at radius 1 is 0.333 bits per heavy atom. The number of hydrogen-bond donors (Lipinski definition) is 0. The first-order valence-corrected chi connectivity index (χ1v) is 21.6. The highest BCUT2D eigenvalue weighted by Crippen LogP contribution is 2.53. The fourth-order valence-corrected chi connectivity index (χ4v) is 11.0. The fourth-order valence-electron chi connectivity index (χ4n) is 9.87. The highest BCUT2D eigenvalue weighted by atomic mass is 32.2. The summed E-state index contributed by atoms with van der Waals surface area (Å²) in [6.45, 7) is 4.72. The van der Waals surface area contributed by atoms with Crippen molar-refractivity contribution in [2.24, 2.45) is 0 Å². The lowest BCUT2D eigenvalue weighted by atomic mass is 9.82. The molecule has 0 N–H and O–H groups in total. The SMILES string of the molecule is CC1(C)c2ccccc2-c2ccc(N(c3ccccc3)c3ccc4cc5c6c(cccc6c4c3)Sc3cc(N(c4ccccc4)c4ccc6ccccc6c4)ccc3-5)cc21. The van der Waals surface area contributed by atoms with Gasteiger partial charge in [0.15, 0.2) is 0 Å². The lowest BCUT2D eigenvalue weighted by Gasteiger charge is -2.29. The Hall–Kier alpha value is -7.07. The maximum Gasteiger partial charge on any atom is 0.0473 e. The topological polar surface area (TPSA) is 6.48 Å². The first kappa shape index (κ1) is 34.9. The molecule has 2 nitrogen and oxygen atoms in total. The van der Waals surface area contributed by atoms with Crippen LogP contribution in [0.5, 0.6) is 0 Å². The van der Waals surface area contributed by atoms with Gasteiger partial charge in [0.25, 0.3) is 0 Å². The summed E-state index contributed by atoms with van der Waals surface area (Å²) >= 11 is 1.88. The molecule has 0 radical (unpaired) electrons. The molecule has 0 fully saturated rings. The number of hydrogen-bond acceptors (Lipinski definition) is 3. The molecular weight excluding hydrogens is 745 g/mol. The van der Waals surface area contributed by atoms with Crippen molar-refractivity contribution < 1.29 is 0 Å². The number of benzene rings is 10. The summed E-state index contributed by atoms with van der Waals surface area (Å²) in [5, 5.41) is 7.57. The van der Waals surface area contributed by atoms with Crippen molar-refractivity contribution >= 4 is 78.2 Å². The summed E-state index contributed by atoms with van der Waals surface area (Å²) in [6, 6.07) is 76.1. The zero-order chi connectivity index (χ0) is 40.0. The lowest BCUT2D eigenvalue weighted by Crippen LogP contribution is -2.16. The van der Waals surface area contributed by atoms with Gasteiger partial charge in [0, 0.05) is 54.7 Å². The third kappa shape index (κ3) is 5.43. The van der Waals surface area contributed by atoms with Gasteiger partial charge in [0.2, 0.25) is 0 Å². The molecule has 10 aromatic rings. The van der Waals surface area contributed by atoms with Gasteiger partial charge in [-0.25, -0.2) is 0 Å². The van der Waals surface area contributed by atoms with E-state index in [2.05, 4.69) is 230 Å². The van der Waals surface area contributed by atoms with E-state index < -0.39 is 0 Å². The van der Waals surface area contributed by atoms with Gasteiger partial charge in [-0.3, -0.25) is 0 Å². The molecule has 0 amide bonds. The highest BCUT2D eigenvalue weighted by molar-refractivity contribution is 7.99. The van der Waals surface area contributed by atoms with E-state index in [0.29, 0.717) is 0 Å². The van der Waals surface area contributed by atoms with E-state index in [1.54, 1.807) is 0 Å². The first-order valence-electron chi connectivity index (χ1n) is 20.7. The van der Waals surface area contributed by atoms with Crippen LogP contribution in [0.3, 0.4) is 0 Å². The van der Waals surface area contributed by atoms with Gasteiger partial charge < -0.3 is 9.80 Å². The molecule has 12 rings (SSSR count). The number of fused-ring (bicyclic) bond motifs is 8. The lowest BCUT2D eigenvalue weighted by molar-refractivity contribution is 0.660. The minimum atomic E-state index is -0.0879. The quantitative estimate of drug-likeness (QED) is 0.155. The zero-order valence-corrected chi connectivity index (χ0v) is 34.2. The van der Waals surface area contributed by atoms with Gasteiger partial charge in [-0.1, -0.05) is 147 Å². The molecule has 2 aliphatic rings. The largest absolute Gasteiger partial charge is 0.310 e. The van der Waals surface area contributed by atoms with E-state index in [1.165, 1.54) is 75.5 Å². The number of anilines is 6. The average Bonchev–Trinajstić information content (AvgIpc) is 3.52. The Balaban J connectivity index is 0.983. The molecule has 3 heteroatoms. The van der Waals surface area contributed by atoms with Crippen LogP contribution in [0, 0.1) is 0 Å². The second kappa shape index (κ2) is 13.5. The molecule has 0 atom stereocenters. The molecular formula is C57H40N2S. The molecule has 0 saturated heterocycles. The Morgan fingerprint density at radius 2 is 0.917 bits per heavy atom. The van der Waals surface area contributed by atoms with Gasteiger partial charge >= 0.3 is 0 Å². The van der Waals surface area contributed by atoms with E-state index in [1.807, 2.05) is 11.8 Å². The van der Waals surface area contributed by atoms with Gasteiger partial charge in [-0.05, 0) is 145 Å². The van der Waals surface area contributed by atoms with Crippen molar-refractivity contribution in [3.8, 4) is 22.3 Å². The minimum Gasteiger partial charge on any atom is -0.310 e. The van der Waals surface area contributed by atoms with E-state index in [-0.39, 0.29) is 5.41 Å². The molecule has 0 bridgehead atoms. The Morgan fingerprint density at radius 3 is 1.68 bits per heavy atom. The van der Waals surface area contributed by atoms with Crippen LogP contribution < -0.4 is 9.80 Å². The van der Waals surface area contributed by atoms with Crippen molar-refractivity contribution in [1.82, 2.24) is 0 Å². The molecule has 284 valence electrons. The molecule has 1 heterocycles. The van der Waals surface area contributed by atoms with Gasteiger partial charge in [0.1, 0.15) is 0 Å². The summed E-state index contributed by atoms with van der Waals surface area (Å²) in [5.74, 6) is 0. The molecule has 0 unspecified atom stereocenters. The Kier molecular flexibility index (Phi) is 7.85. The van der Waals surface area contributed by atoms with E-state index in [9.17, 15) is 0 Å². The van der Waals surface area contributed by atoms with Crippen LogP contribution in [-0.2, 0) is 5.41 Å². The van der Waals surface area contributed by atoms with E-state index in [4.69, 9.17) is 0 Å². The summed E-state index contributed by atoms with van der Waals surface area (Å²) in [7, 11) is 0. The van der Waals surface area contributed by atoms with Crippen LogP contribution in [0.15, 0.2) is 216 Å². The Bertz CT molecular complexity index is 3330. The standard InChI is InChI=1S/C57H40N2S/c1-57(2)52-22-12-11-20-46(52)47-30-28-44(35-53(47)57)59(41-18-7-4-8-19-41)43-27-25-39-33-51-48-31-29-45(36-55(48)60-54-23-13-21-49(56(51)54)50(39)34-43)58(40-16-5-3-6-17-40)42-26-24-37-14-9-10-15-38(37)32-42/h3-36H,1-2H3. The van der Waals surface area contributed by atoms with Crippen LogP contribution in [0.4, 0.5) is 34.1 Å². The molecule has 0 saturated carbocycles. The maximum absolute atomic E-state index is 2.42. The number of para-hydroxylation sites is 2. The van der Waals surface area contributed by atoms with Crippen LogP contribution in [-0.4, -0.2) is 0 Å². The van der Waals surface area contributed by atoms with Gasteiger partial charge in [0.05, 0.1) is 0 Å².